The largest absolute Gasteiger partial charge is 0.382 e. The number of nitrogens with one attached hydrogen (secondary N) is 1. The van der Waals surface area contributed by atoms with Gasteiger partial charge in [0.1, 0.15) is 9.90 Å². The van der Waals surface area contributed by atoms with E-state index in [9.17, 15) is 8.42 Å². The smallest absolute Gasteiger partial charge is 0.185 e. The Labute approximate surface area is 122 Å². The lowest BCUT2D eigenvalue weighted by atomic mass is 10.6. The van der Waals surface area contributed by atoms with Gasteiger partial charge < -0.3 is 11.1 Å². The predicted octanol–water partition coefficient (Wildman–Crippen LogP) is 1.69. The Kier molecular flexibility index (Phi) is 6.48. The molecule has 0 radical (unpaired) electrons. The number of sulfone groups is 1. The monoisotopic (exact) mass is 319 g/mol. The minimum atomic E-state index is -3.35. The summed E-state index contributed by atoms with van der Waals surface area (Å²) in [6, 6.07) is 0. The molecule has 0 aliphatic heterocycles. The maximum Gasteiger partial charge on any atom is 0.185 e. The van der Waals surface area contributed by atoms with Gasteiger partial charge in [-0.05, 0) is 18.0 Å². The van der Waals surface area contributed by atoms with Gasteiger partial charge in [-0.3, -0.25) is 0 Å². The third kappa shape index (κ3) is 4.60. The molecule has 0 saturated heterocycles. The molecule has 5 nitrogen and oxygen atoms in total. The number of rotatable bonds is 8. The molecule has 1 heterocycles. The van der Waals surface area contributed by atoms with E-state index in [-0.39, 0.29) is 16.5 Å². The lowest BCUT2D eigenvalue weighted by molar-refractivity contribution is 0.595. The number of hydrogen-bond donors (Lipinski definition) is 2. The van der Waals surface area contributed by atoms with Crippen molar-refractivity contribution in [2.24, 2.45) is 0 Å². The Bertz CT molecular complexity index is 546. The first kappa shape index (κ1) is 16.1. The van der Waals surface area contributed by atoms with Gasteiger partial charge in [0.2, 0.25) is 0 Å². The van der Waals surface area contributed by atoms with Crippen molar-refractivity contribution < 1.29 is 8.42 Å². The normalized spacial score (nSPS) is 11.2. The molecule has 1 aromatic heterocycles. The Morgan fingerprint density at radius 1 is 1.58 bits per heavy atom. The zero-order valence-electron chi connectivity index (χ0n) is 10.7. The summed E-state index contributed by atoms with van der Waals surface area (Å²) >= 11 is 2.69. The highest BCUT2D eigenvalue weighted by atomic mass is 32.2. The fraction of sp³-hybridized carbons (Fsp3) is 0.545. The molecular formula is C11H17N3O2S3. The zero-order valence-corrected chi connectivity index (χ0v) is 13.1. The fourth-order valence-corrected chi connectivity index (χ4v) is 4.60. The van der Waals surface area contributed by atoms with Crippen LogP contribution in [0.15, 0.2) is 4.90 Å². The van der Waals surface area contributed by atoms with Gasteiger partial charge in [-0.15, -0.1) is 18.2 Å². The fourth-order valence-electron chi connectivity index (χ4n) is 1.45. The van der Waals surface area contributed by atoms with Crippen molar-refractivity contribution in [2.45, 2.75) is 18.2 Å². The van der Waals surface area contributed by atoms with Crippen molar-refractivity contribution in [1.29, 1.82) is 0 Å². The molecular weight excluding hydrogens is 302 g/mol. The van der Waals surface area contributed by atoms with Crippen LogP contribution in [0.3, 0.4) is 0 Å². The van der Waals surface area contributed by atoms with Crippen molar-refractivity contribution in [2.75, 3.05) is 34.9 Å². The van der Waals surface area contributed by atoms with E-state index in [1.807, 2.05) is 6.92 Å². The van der Waals surface area contributed by atoms with E-state index in [1.54, 1.807) is 11.8 Å². The first-order chi connectivity index (χ1) is 9.03. The standard InChI is InChI=1S/C11H17N3O2S3/c1-3-6-17-7-5-13-11-9(10(12)14-18-11)19(15,16)8-4-2/h1,13H,4-8H2,2H3,(H2,12,14). The van der Waals surface area contributed by atoms with Gasteiger partial charge in [-0.1, -0.05) is 12.8 Å². The molecule has 8 heteroatoms. The lowest BCUT2D eigenvalue weighted by Gasteiger charge is -2.07. The summed E-state index contributed by atoms with van der Waals surface area (Å²) in [7, 11) is -3.35. The zero-order chi connectivity index (χ0) is 14.3. The highest BCUT2D eigenvalue weighted by Gasteiger charge is 2.24. The Morgan fingerprint density at radius 3 is 2.95 bits per heavy atom. The van der Waals surface area contributed by atoms with Crippen molar-refractivity contribution >= 4 is 44.0 Å². The molecule has 1 rings (SSSR count). The van der Waals surface area contributed by atoms with Crippen LogP contribution < -0.4 is 11.1 Å². The highest BCUT2D eigenvalue weighted by molar-refractivity contribution is 7.99. The molecule has 0 amide bonds. The molecule has 0 fully saturated rings. The van der Waals surface area contributed by atoms with Crippen molar-refractivity contribution in [1.82, 2.24) is 4.37 Å². The number of nitrogens with zero attached hydrogens (tertiary/aromatic N) is 1. The quantitative estimate of drug-likeness (QED) is 0.560. The SMILES string of the molecule is C#CCSCCNc1snc(N)c1S(=O)(=O)CCC. The molecule has 106 valence electrons. The van der Waals surface area contributed by atoms with Crippen molar-refractivity contribution in [3.05, 3.63) is 0 Å². The van der Waals surface area contributed by atoms with Crippen molar-refractivity contribution in [3.8, 4) is 12.3 Å². The predicted molar refractivity (Wildman–Crippen MR) is 83.5 cm³/mol. The van der Waals surface area contributed by atoms with Gasteiger partial charge in [-0.2, -0.15) is 4.37 Å². The lowest BCUT2D eigenvalue weighted by Crippen LogP contribution is -2.11. The molecule has 3 N–H and O–H groups in total. The van der Waals surface area contributed by atoms with Gasteiger partial charge in [0, 0.05) is 12.3 Å². The second kappa shape index (κ2) is 7.62. The van der Waals surface area contributed by atoms with E-state index < -0.39 is 9.84 Å². The molecule has 0 aliphatic carbocycles. The van der Waals surface area contributed by atoms with Crippen LogP contribution in [0.2, 0.25) is 0 Å². The van der Waals surface area contributed by atoms with Crippen LogP contribution in [-0.2, 0) is 9.84 Å². The van der Waals surface area contributed by atoms with Crippen LogP contribution in [0.4, 0.5) is 10.8 Å². The minimum Gasteiger partial charge on any atom is -0.382 e. The number of nitrogen functional groups attached to an aromatic ring is 1. The molecule has 0 unspecified atom stereocenters. The Hall–Kier alpha value is -0.910. The summed E-state index contributed by atoms with van der Waals surface area (Å²) in [5, 5.41) is 3.59. The van der Waals surface area contributed by atoms with Crippen LogP contribution in [0.1, 0.15) is 13.3 Å². The molecule has 0 bridgehead atoms. The Balaban J connectivity index is 2.73. The van der Waals surface area contributed by atoms with Crippen LogP contribution >= 0.6 is 23.3 Å². The average Bonchev–Trinajstić information content (AvgIpc) is 2.71. The van der Waals surface area contributed by atoms with E-state index in [1.165, 1.54) is 0 Å². The molecule has 19 heavy (non-hydrogen) atoms. The number of nitrogens with two attached hydrogens (primary N) is 1. The maximum atomic E-state index is 12.1. The third-order valence-corrected chi connectivity index (χ3v) is 5.97. The number of anilines is 2. The molecule has 0 aromatic carbocycles. The summed E-state index contributed by atoms with van der Waals surface area (Å²) in [6.45, 7) is 2.44. The van der Waals surface area contributed by atoms with Crippen LogP contribution in [0.5, 0.6) is 0 Å². The first-order valence-corrected chi connectivity index (χ1v) is 9.34. The molecule has 0 atom stereocenters. The van der Waals surface area contributed by atoms with Crippen LogP contribution in [-0.4, -0.2) is 36.6 Å². The van der Waals surface area contributed by atoms with Crippen LogP contribution in [0.25, 0.3) is 0 Å². The molecule has 1 aromatic rings. The number of thioether (sulfide) groups is 1. The molecule has 0 spiro atoms. The topological polar surface area (TPSA) is 85.1 Å². The first-order valence-electron chi connectivity index (χ1n) is 5.76. The van der Waals surface area contributed by atoms with E-state index in [4.69, 9.17) is 12.2 Å². The second-order valence-electron chi connectivity index (χ2n) is 3.73. The van der Waals surface area contributed by atoms with Gasteiger partial charge >= 0.3 is 0 Å². The summed E-state index contributed by atoms with van der Waals surface area (Å²) < 4.78 is 28.1. The minimum absolute atomic E-state index is 0.0795. The summed E-state index contributed by atoms with van der Waals surface area (Å²) in [6.07, 6.45) is 5.70. The summed E-state index contributed by atoms with van der Waals surface area (Å²) in [5.41, 5.74) is 5.66. The van der Waals surface area contributed by atoms with Gasteiger partial charge in [0.05, 0.1) is 11.5 Å². The Morgan fingerprint density at radius 2 is 2.32 bits per heavy atom. The van der Waals surface area contributed by atoms with Gasteiger partial charge in [0.25, 0.3) is 0 Å². The van der Waals surface area contributed by atoms with Gasteiger partial charge in [-0.25, -0.2) is 8.42 Å². The molecule has 0 aliphatic rings. The van der Waals surface area contributed by atoms with E-state index in [0.29, 0.717) is 23.7 Å². The van der Waals surface area contributed by atoms with Gasteiger partial charge in [0.15, 0.2) is 15.7 Å². The van der Waals surface area contributed by atoms with E-state index in [0.717, 1.165) is 17.3 Å². The number of hydrogen-bond acceptors (Lipinski definition) is 7. The summed E-state index contributed by atoms with van der Waals surface area (Å²) in [5.74, 6) is 4.14. The summed E-state index contributed by atoms with van der Waals surface area (Å²) in [4.78, 5) is 0.140. The third-order valence-electron chi connectivity index (χ3n) is 2.18. The maximum absolute atomic E-state index is 12.1. The molecule has 0 saturated carbocycles. The van der Waals surface area contributed by atoms with Crippen molar-refractivity contribution in [3.63, 3.8) is 0 Å². The van der Waals surface area contributed by atoms with E-state index >= 15 is 0 Å². The van der Waals surface area contributed by atoms with Crippen LogP contribution in [0, 0.1) is 12.3 Å². The number of terminal acetylenes is 1. The number of aromatic nitrogens is 1. The second-order valence-corrected chi connectivity index (χ2v) is 7.65. The average molecular weight is 319 g/mol. The highest BCUT2D eigenvalue weighted by Crippen LogP contribution is 2.32. The van der Waals surface area contributed by atoms with E-state index in [2.05, 4.69) is 15.6 Å².